The molecular formula is C26H14Br2N2O6. The fourth-order valence-electron chi connectivity index (χ4n) is 3.59. The lowest BCUT2D eigenvalue weighted by atomic mass is 10.1. The number of amides is 2. The van der Waals surface area contributed by atoms with E-state index in [1.54, 1.807) is 60.7 Å². The minimum atomic E-state index is -0.802. The van der Waals surface area contributed by atoms with Crippen LogP contribution >= 0.6 is 31.9 Å². The van der Waals surface area contributed by atoms with Gasteiger partial charge in [-0.25, -0.2) is 9.59 Å². The van der Waals surface area contributed by atoms with E-state index in [1.807, 2.05) is 0 Å². The first-order chi connectivity index (χ1) is 17.3. The zero-order valence-corrected chi connectivity index (χ0v) is 21.3. The third-order valence-electron chi connectivity index (χ3n) is 5.30. The van der Waals surface area contributed by atoms with Crippen LogP contribution in [0.5, 0.6) is 0 Å². The second-order valence-corrected chi connectivity index (χ2v) is 9.54. The van der Waals surface area contributed by atoms with Gasteiger partial charge in [-0.3, -0.25) is 9.59 Å². The molecule has 0 spiro atoms. The molecule has 5 aromatic rings. The average Bonchev–Trinajstić information content (AvgIpc) is 2.84. The summed E-state index contributed by atoms with van der Waals surface area (Å²) >= 11 is 6.70. The summed E-state index contributed by atoms with van der Waals surface area (Å²) in [5, 5.41) is 6.37. The second kappa shape index (κ2) is 9.56. The molecular weight excluding hydrogens is 596 g/mol. The molecule has 0 aliphatic carbocycles. The summed E-state index contributed by atoms with van der Waals surface area (Å²) in [4.78, 5) is 50.7. The van der Waals surface area contributed by atoms with E-state index in [1.165, 1.54) is 12.1 Å². The Balaban J connectivity index is 1.44. The average molecular weight is 610 g/mol. The molecule has 0 bridgehead atoms. The van der Waals surface area contributed by atoms with E-state index >= 15 is 0 Å². The van der Waals surface area contributed by atoms with Crippen molar-refractivity contribution in [3.05, 3.63) is 114 Å². The Kier molecular flexibility index (Phi) is 6.29. The molecule has 10 heteroatoms. The van der Waals surface area contributed by atoms with E-state index < -0.39 is 23.1 Å². The Labute approximate surface area is 219 Å². The molecule has 0 aliphatic heterocycles. The maximum absolute atomic E-state index is 12.9. The van der Waals surface area contributed by atoms with Gasteiger partial charge in [-0.2, -0.15) is 0 Å². The van der Waals surface area contributed by atoms with Crippen molar-refractivity contribution in [3.63, 3.8) is 0 Å². The third-order valence-corrected chi connectivity index (χ3v) is 6.29. The summed E-state index contributed by atoms with van der Waals surface area (Å²) < 4.78 is 12.0. The SMILES string of the molecule is O=C(Nc1ccccc1NC(=O)c1cc2cc(Br)ccc2oc1=O)c1cc2cc(Br)ccc2oc1=O. The van der Waals surface area contributed by atoms with Crippen LogP contribution in [0.2, 0.25) is 0 Å². The van der Waals surface area contributed by atoms with Gasteiger partial charge in [-0.1, -0.05) is 44.0 Å². The van der Waals surface area contributed by atoms with Gasteiger partial charge in [0.25, 0.3) is 11.8 Å². The zero-order chi connectivity index (χ0) is 25.4. The van der Waals surface area contributed by atoms with E-state index in [0.717, 1.165) is 8.95 Å². The smallest absolute Gasteiger partial charge is 0.349 e. The molecule has 5 rings (SSSR count). The highest BCUT2D eigenvalue weighted by molar-refractivity contribution is 9.10. The standard InChI is InChI=1S/C26H14Br2N2O6/c27-15-5-7-21-13(9-15)11-17(25(33)35-21)23(31)29-19-3-1-2-4-20(19)30-24(32)18-12-14-10-16(28)6-8-22(14)36-26(18)34/h1-12H,(H,29,31)(H,30,32). The van der Waals surface area contributed by atoms with Crippen LogP contribution in [0.1, 0.15) is 20.7 Å². The van der Waals surface area contributed by atoms with Gasteiger partial charge in [0.05, 0.1) is 11.4 Å². The number of nitrogens with one attached hydrogen (secondary N) is 2. The minimum absolute atomic E-state index is 0.206. The van der Waals surface area contributed by atoms with E-state index in [-0.39, 0.29) is 22.5 Å². The molecule has 0 unspecified atom stereocenters. The highest BCUT2D eigenvalue weighted by Gasteiger charge is 2.18. The third kappa shape index (κ3) is 4.73. The number of carbonyl (C=O) groups is 2. The number of hydrogen-bond acceptors (Lipinski definition) is 6. The number of benzene rings is 3. The Morgan fingerprint density at radius 1 is 0.611 bits per heavy atom. The second-order valence-electron chi connectivity index (χ2n) is 7.71. The minimum Gasteiger partial charge on any atom is -0.422 e. The molecule has 8 nitrogen and oxygen atoms in total. The summed E-state index contributed by atoms with van der Waals surface area (Å²) in [6.45, 7) is 0. The maximum atomic E-state index is 12.9. The van der Waals surface area contributed by atoms with Gasteiger partial charge in [0, 0.05) is 19.7 Å². The lowest BCUT2D eigenvalue weighted by Crippen LogP contribution is -2.23. The number of fused-ring (bicyclic) bond motifs is 2. The molecule has 3 aromatic carbocycles. The number of para-hydroxylation sites is 2. The van der Waals surface area contributed by atoms with Crippen molar-refractivity contribution in [2.75, 3.05) is 10.6 Å². The Morgan fingerprint density at radius 2 is 1.03 bits per heavy atom. The van der Waals surface area contributed by atoms with Crippen LogP contribution in [0, 0.1) is 0 Å². The molecule has 0 fully saturated rings. The van der Waals surface area contributed by atoms with Crippen LogP contribution < -0.4 is 21.9 Å². The number of rotatable bonds is 4. The van der Waals surface area contributed by atoms with Crippen molar-refractivity contribution in [1.82, 2.24) is 0 Å². The molecule has 2 N–H and O–H groups in total. The number of anilines is 2. The first-order valence-corrected chi connectivity index (χ1v) is 12.1. The highest BCUT2D eigenvalue weighted by atomic mass is 79.9. The molecule has 178 valence electrons. The van der Waals surface area contributed by atoms with Crippen molar-refractivity contribution in [2.24, 2.45) is 0 Å². The Bertz CT molecular complexity index is 1680. The van der Waals surface area contributed by atoms with E-state index in [2.05, 4.69) is 42.5 Å². The zero-order valence-electron chi connectivity index (χ0n) is 18.1. The predicted octanol–water partition coefficient (Wildman–Crippen LogP) is 5.93. The quantitative estimate of drug-likeness (QED) is 0.244. The van der Waals surface area contributed by atoms with Crippen LogP contribution in [0.3, 0.4) is 0 Å². The van der Waals surface area contributed by atoms with Gasteiger partial charge in [-0.15, -0.1) is 0 Å². The number of carbonyl (C=O) groups excluding carboxylic acids is 2. The van der Waals surface area contributed by atoms with E-state index in [9.17, 15) is 19.2 Å². The Morgan fingerprint density at radius 3 is 1.44 bits per heavy atom. The number of hydrogen-bond donors (Lipinski definition) is 2. The maximum Gasteiger partial charge on any atom is 0.349 e. The van der Waals surface area contributed by atoms with Crippen molar-refractivity contribution in [1.29, 1.82) is 0 Å². The van der Waals surface area contributed by atoms with Crippen molar-refractivity contribution in [3.8, 4) is 0 Å². The molecule has 2 heterocycles. The Hall–Kier alpha value is -4.02. The monoisotopic (exact) mass is 608 g/mol. The van der Waals surface area contributed by atoms with Crippen LogP contribution in [0.4, 0.5) is 11.4 Å². The first-order valence-electron chi connectivity index (χ1n) is 10.5. The molecule has 0 atom stereocenters. The summed E-state index contributed by atoms with van der Waals surface area (Å²) in [5.74, 6) is -1.44. The molecule has 2 aromatic heterocycles. The van der Waals surface area contributed by atoms with E-state index in [0.29, 0.717) is 21.9 Å². The topological polar surface area (TPSA) is 119 Å². The van der Waals surface area contributed by atoms with Gasteiger partial charge in [-0.05, 0) is 60.7 Å². The molecule has 0 aliphatic rings. The fraction of sp³-hybridized carbons (Fsp3) is 0. The molecule has 0 saturated carbocycles. The lowest BCUT2D eigenvalue weighted by Gasteiger charge is -2.12. The first kappa shape index (κ1) is 23.7. The van der Waals surface area contributed by atoms with Crippen LogP contribution in [0.15, 0.2) is 100 Å². The predicted molar refractivity (Wildman–Crippen MR) is 143 cm³/mol. The van der Waals surface area contributed by atoms with Crippen molar-refractivity contribution < 1.29 is 18.4 Å². The van der Waals surface area contributed by atoms with Crippen molar-refractivity contribution in [2.45, 2.75) is 0 Å². The fourth-order valence-corrected chi connectivity index (χ4v) is 4.34. The largest absolute Gasteiger partial charge is 0.422 e. The molecule has 0 saturated heterocycles. The van der Waals surface area contributed by atoms with Gasteiger partial charge >= 0.3 is 11.3 Å². The molecule has 36 heavy (non-hydrogen) atoms. The lowest BCUT2D eigenvalue weighted by molar-refractivity contribution is 0.101. The molecule has 0 radical (unpaired) electrons. The van der Waals surface area contributed by atoms with Crippen LogP contribution in [-0.2, 0) is 0 Å². The normalized spacial score (nSPS) is 10.9. The number of halogens is 2. The van der Waals surface area contributed by atoms with Gasteiger partial charge in [0.1, 0.15) is 22.3 Å². The van der Waals surface area contributed by atoms with E-state index in [4.69, 9.17) is 8.83 Å². The summed E-state index contributed by atoms with van der Waals surface area (Å²) in [6, 6.07) is 19.4. The van der Waals surface area contributed by atoms with Crippen molar-refractivity contribution >= 4 is 77.0 Å². The van der Waals surface area contributed by atoms with Gasteiger partial charge in [0.15, 0.2) is 0 Å². The van der Waals surface area contributed by atoms with Gasteiger partial charge in [0.2, 0.25) is 0 Å². The summed E-state index contributed by atoms with van der Waals surface area (Å²) in [6.07, 6.45) is 0. The summed E-state index contributed by atoms with van der Waals surface area (Å²) in [5.41, 5.74) is -0.894. The van der Waals surface area contributed by atoms with Gasteiger partial charge < -0.3 is 19.5 Å². The van der Waals surface area contributed by atoms with Crippen LogP contribution in [-0.4, -0.2) is 11.8 Å². The molecule has 2 amide bonds. The summed E-state index contributed by atoms with van der Waals surface area (Å²) in [7, 11) is 0. The highest BCUT2D eigenvalue weighted by Crippen LogP contribution is 2.24. The van der Waals surface area contributed by atoms with Crippen LogP contribution in [0.25, 0.3) is 21.9 Å².